The maximum Gasteiger partial charge on any atom is 0.328 e. The largest absolute Gasteiger partial charge is 0.503 e. The number of nitrogens with zero attached hydrogens (tertiary/aromatic N) is 1. The van der Waals surface area contributed by atoms with Gasteiger partial charge in [-0.15, -0.1) is 11.3 Å². The van der Waals surface area contributed by atoms with E-state index in [1.165, 1.54) is 37.6 Å². The van der Waals surface area contributed by atoms with Gasteiger partial charge in [-0.1, -0.05) is 18.5 Å². The zero-order valence-electron chi connectivity index (χ0n) is 15.4. The minimum absolute atomic E-state index is 0.0431. The molecular formula is C18H21ClN2O5S. The summed E-state index contributed by atoms with van der Waals surface area (Å²) in [4.78, 5) is 29.4. The molecule has 2 heterocycles. The maximum atomic E-state index is 12.3. The summed E-state index contributed by atoms with van der Waals surface area (Å²) in [7, 11) is 1.36. The number of thiophene rings is 1. The number of methoxy groups -OCH3 is 1. The lowest BCUT2D eigenvalue weighted by atomic mass is 10.0. The molecule has 0 bridgehead atoms. The molecule has 7 nitrogen and oxygen atoms in total. The Hall–Kier alpha value is -2.32. The molecule has 27 heavy (non-hydrogen) atoms. The van der Waals surface area contributed by atoms with Crippen molar-refractivity contribution in [1.29, 1.82) is 0 Å². The highest BCUT2D eigenvalue weighted by Gasteiger charge is 2.26. The van der Waals surface area contributed by atoms with Gasteiger partial charge >= 0.3 is 5.97 Å². The van der Waals surface area contributed by atoms with Crippen molar-refractivity contribution in [1.82, 2.24) is 10.3 Å². The monoisotopic (exact) mass is 412 g/mol. The van der Waals surface area contributed by atoms with E-state index in [1.807, 2.05) is 13.0 Å². The molecule has 0 aromatic carbocycles. The molecule has 0 spiro atoms. The first kappa shape index (κ1) is 21.0. The molecule has 0 saturated carbocycles. The van der Waals surface area contributed by atoms with Gasteiger partial charge in [0.05, 0.1) is 11.4 Å². The smallest absolute Gasteiger partial charge is 0.328 e. The number of carbonyl (C=O) groups is 2. The predicted octanol–water partition coefficient (Wildman–Crippen LogP) is 3.36. The molecule has 2 aromatic rings. The van der Waals surface area contributed by atoms with E-state index in [1.54, 1.807) is 13.0 Å². The Bertz CT molecular complexity index is 826. The molecular weight excluding hydrogens is 392 g/mol. The number of amides is 1. The highest BCUT2D eigenvalue weighted by atomic mass is 35.5. The maximum absolute atomic E-state index is 12.3. The zero-order valence-corrected chi connectivity index (χ0v) is 16.9. The van der Waals surface area contributed by atoms with Crippen LogP contribution in [0.25, 0.3) is 0 Å². The predicted molar refractivity (Wildman–Crippen MR) is 103 cm³/mol. The number of esters is 1. The van der Waals surface area contributed by atoms with Gasteiger partial charge in [-0.05, 0) is 26.0 Å². The summed E-state index contributed by atoms with van der Waals surface area (Å²) in [6.45, 7) is 5.21. The van der Waals surface area contributed by atoms with E-state index in [-0.39, 0.29) is 17.4 Å². The van der Waals surface area contributed by atoms with Gasteiger partial charge in [-0.3, -0.25) is 4.79 Å². The summed E-state index contributed by atoms with van der Waals surface area (Å²) in [6.07, 6.45) is 0.918. The van der Waals surface area contributed by atoms with Crippen molar-refractivity contribution in [2.24, 2.45) is 0 Å². The molecule has 1 amide bonds. The Morgan fingerprint density at radius 2 is 1.96 bits per heavy atom. The fourth-order valence-electron chi connectivity index (χ4n) is 2.28. The average molecular weight is 413 g/mol. The average Bonchev–Trinajstić information content (AvgIpc) is 3.07. The Morgan fingerprint density at radius 1 is 1.26 bits per heavy atom. The van der Waals surface area contributed by atoms with Crippen molar-refractivity contribution in [3.8, 4) is 11.5 Å². The second kappa shape index (κ2) is 9.05. The van der Waals surface area contributed by atoms with Gasteiger partial charge in [0, 0.05) is 23.1 Å². The van der Waals surface area contributed by atoms with Crippen molar-refractivity contribution in [2.75, 3.05) is 7.11 Å². The minimum atomic E-state index is -0.925. The highest BCUT2D eigenvalue weighted by Crippen LogP contribution is 2.31. The lowest BCUT2D eigenvalue weighted by Crippen LogP contribution is -2.41. The van der Waals surface area contributed by atoms with Crippen LogP contribution in [-0.2, 0) is 9.53 Å². The summed E-state index contributed by atoms with van der Waals surface area (Å²) >= 11 is 7.37. The van der Waals surface area contributed by atoms with Crippen LogP contribution in [-0.4, -0.2) is 41.2 Å². The first-order valence-corrected chi connectivity index (χ1v) is 9.42. The number of halogens is 1. The van der Waals surface area contributed by atoms with Crippen LogP contribution >= 0.6 is 22.9 Å². The lowest BCUT2D eigenvalue weighted by molar-refractivity contribution is -0.150. The molecule has 9 heteroatoms. The number of aromatic hydroxyl groups is 1. The van der Waals surface area contributed by atoms with Crippen molar-refractivity contribution >= 4 is 34.8 Å². The number of nitrogens with one attached hydrogen (secondary N) is 1. The highest BCUT2D eigenvalue weighted by molar-refractivity contribution is 7.16. The molecule has 2 N–H and O–H groups in total. The molecule has 0 radical (unpaired) electrons. The fourth-order valence-corrected chi connectivity index (χ4v) is 3.49. The summed E-state index contributed by atoms with van der Waals surface area (Å²) in [5, 5.41) is 12.4. The minimum Gasteiger partial charge on any atom is -0.503 e. The van der Waals surface area contributed by atoms with Crippen LogP contribution in [0.4, 0.5) is 0 Å². The van der Waals surface area contributed by atoms with Crippen LogP contribution in [0.3, 0.4) is 0 Å². The van der Waals surface area contributed by atoms with E-state index < -0.39 is 29.8 Å². The van der Waals surface area contributed by atoms with Gasteiger partial charge in [-0.2, -0.15) is 0 Å². The summed E-state index contributed by atoms with van der Waals surface area (Å²) in [6, 6.07) is 4.18. The van der Waals surface area contributed by atoms with Crippen molar-refractivity contribution < 1.29 is 24.2 Å². The molecule has 0 aliphatic rings. The molecule has 3 unspecified atom stereocenters. The van der Waals surface area contributed by atoms with E-state index >= 15 is 0 Å². The Morgan fingerprint density at radius 3 is 2.56 bits per heavy atom. The summed E-state index contributed by atoms with van der Waals surface area (Å²) in [5.41, 5.74) is -0.233. The first-order valence-electron chi connectivity index (χ1n) is 8.23. The topological polar surface area (TPSA) is 97.8 Å². The normalized spacial score (nSPS) is 14.1. The number of ether oxygens (including phenoxy) is 2. The van der Waals surface area contributed by atoms with Gasteiger partial charge < -0.3 is 19.9 Å². The zero-order chi connectivity index (χ0) is 20.1. The van der Waals surface area contributed by atoms with Crippen LogP contribution in [0, 0.1) is 0 Å². The second-order valence-electron chi connectivity index (χ2n) is 5.98. The van der Waals surface area contributed by atoms with E-state index in [9.17, 15) is 14.7 Å². The van der Waals surface area contributed by atoms with Crippen LogP contribution in [0.1, 0.15) is 42.1 Å². The van der Waals surface area contributed by atoms with Gasteiger partial charge in [-0.25, -0.2) is 9.78 Å². The number of aromatic nitrogens is 1. The van der Waals surface area contributed by atoms with Gasteiger partial charge in [0.15, 0.2) is 17.2 Å². The van der Waals surface area contributed by atoms with Gasteiger partial charge in [0.2, 0.25) is 0 Å². The molecule has 146 valence electrons. The number of rotatable bonds is 7. The summed E-state index contributed by atoms with van der Waals surface area (Å²) in [5.74, 6) is -1.62. The van der Waals surface area contributed by atoms with E-state index in [0.717, 1.165) is 4.88 Å². The van der Waals surface area contributed by atoms with Crippen molar-refractivity contribution in [3.63, 3.8) is 0 Å². The Kier molecular flexibility index (Phi) is 7.04. The lowest BCUT2D eigenvalue weighted by Gasteiger charge is -2.22. The molecule has 2 rings (SSSR count). The van der Waals surface area contributed by atoms with Crippen LogP contribution in [0.5, 0.6) is 11.5 Å². The standard InChI is InChI=1S/C18H21ClN2O5S/c1-9(13-5-6-14(19)27-13)11(3)26-18(24)10(2)21-17(23)15-16(22)12(25-4)7-8-20-15/h5-11,22H,1-4H3,(H,21,23). The number of hydrogen-bond donors (Lipinski definition) is 2. The number of carbonyl (C=O) groups excluding carboxylic acids is 2. The Balaban J connectivity index is 1.98. The number of hydrogen-bond acceptors (Lipinski definition) is 7. The number of pyridine rings is 1. The molecule has 0 saturated heterocycles. The molecule has 3 atom stereocenters. The molecule has 0 aliphatic heterocycles. The fraction of sp³-hybridized carbons (Fsp3) is 0.389. The van der Waals surface area contributed by atoms with Gasteiger partial charge in [0.25, 0.3) is 5.91 Å². The van der Waals surface area contributed by atoms with Crippen molar-refractivity contribution in [2.45, 2.75) is 38.8 Å². The third-order valence-corrected chi connectivity index (χ3v) is 5.50. The molecule has 0 fully saturated rings. The van der Waals surface area contributed by atoms with E-state index in [4.69, 9.17) is 21.1 Å². The third-order valence-electron chi connectivity index (χ3n) is 4.07. The van der Waals surface area contributed by atoms with E-state index in [2.05, 4.69) is 10.3 Å². The van der Waals surface area contributed by atoms with E-state index in [0.29, 0.717) is 4.34 Å². The quantitative estimate of drug-likeness (QED) is 0.676. The van der Waals surface area contributed by atoms with Gasteiger partial charge in [0.1, 0.15) is 12.1 Å². The molecule has 0 aliphatic carbocycles. The summed E-state index contributed by atoms with van der Waals surface area (Å²) < 4.78 is 11.1. The first-order chi connectivity index (χ1) is 12.7. The SMILES string of the molecule is COc1ccnc(C(=O)NC(C)C(=O)OC(C)C(C)c2ccc(Cl)s2)c1O. The van der Waals surface area contributed by atoms with Crippen LogP contribution in [0.15, 0.2) is 24.4 Å². The van der Waals surface area contributed by atoms with Crippen molar-refractivity contribution in [3.05, 3.63) is 39.3 Å². The molecule has 2 aromatic heterocycles. The second-order valence-corrected chi connectivity index (χ2v) is 7.72. The van der Waals surface area contributed by atoms with Crippen LogP contribution < -0.4 is 10.1 Å². The van der Waals surface area contributed by atoms with Crippen LogP contribution in [0.2, 0.25) is 4.34 Å². The Labute approximate surface area is 166 Å². The third kappa shape index (κ3) is 5.11.